The second-order valence-corrected chi connectivity index (χ2v) is 4.89. The first-order valence-corrected chi connectivity index (χ1v) is 6.50. The van der Waals surface area contributed by atoms with Crippen molar-refractivity contribution in [2.45, 2.75) is 13.5 Å². The van der Waals surface area contributed by atoms with Crippen molar-refractivity contribution in [1.29, 1.82) is 0 Å². The van der Waals surface area contributed by atoms with Crippen LogP contribution >= 0.6 is 22.6 Å². The zero-order chi connectivity index (χ0) is 12.3. The average Bonchev–Trinajstić information content (AvgIpc) is 2.77. The first kappa shape index (κ1) is 12.2. The molecule has 2 rings (SSSR count). The molecule has 4 heteroatoms. The summed E-state index contributed by atoms with van der Waals surface area (Å²) >= 11 is 2.22. The topological polar surface area (TPSA) is 34.0 Å². The first-order valence-electron chi connectivity index (χ1n) is 5.42. The first-order chi connectivity index (χ1) is 8.20. The van der Waals surface area contributed by atoms with Gasteiger partial charge in [-0.15, -0.1) is 0 Å². The van der Waals surface area contributed by atoms with E-state index in [2.05, 4.69) is 27.9 Å². The van der Waals surface area contributed by atoms with Gasteiger partial charge in [-0.3, -0.25) is 4.79 Å². The normalized spacial score (nSPS) is 10.2. The maximum absolute atomic E-state index is 12.0. The highest BCUT2D eigenvalue weighted by Gasteiger charge is 2.09. The van der Waals surface area contributed by atoms with Crippen LogP contribution in [0.15, 0.2) is 42.6 Å². The van der Waals surface area contributed by atoms with E-state index in [9.17, 15) is 4.79 Å². The van der Waals surface area contributed by atoms with E-state index in [0.29, 0.717) is 5.69 Å². The summed E-state index contributed by atoms with van der Waals surface area (Å²) in [6, 6.07) is 11.5. The van der Waals surface area contributed by atoms with Crippen molar-refractivity contribution < 1.29 is 4.79 Å². The van der Waals surface area contributed by atoms with Crippen molar-refractivity contribution in [1.82, 2.24) is 4.57 Å². The van der Waals surface area contributed by atoms with Gasteiger partial charge in [0.1, 0.15) is 5.69 Å². The van der Waals surface area contributed by atoms with E-state index >= 15 is 0 Å². The molecule has 0 aliphatic heterocycles. The van der Waals surface area contributed by atoms with Crippen LogP contribution in [0.1, 0.15) is 17.4 Å². The minimum absolute atomic E-state index is 0.0705. The molecule has 0 atom stereocenters. The van der Waals surface area contributed by atoms with Gasteiger partial charge in [0.15, 0.2) is 0 Å². The zero-order valence-corrected chi connectivity index (χ0v) is 11.6. The lowest BCUT2D eigenvalue weighted by atomic mass is 10.3. The van der Waals surface area contributed by atoms with Gasteiger partial charge >= 0.3 is 0 Å². The van der Waals surface area contributed by atoms with E-state index in [4.69, 9.17) is 0 Å². The molecule has 2 aromatic rings. The lowest BCUT2D eigenvalue weighted by Gasteiger charge is -2.08. The molecule has 0 fully saturated rings. The van der Waals surface area contributed by atoms with Crippen LogP contribution in [0.25, 0.3) is 0 Å². The summed E-state index contributed by atoms with van der Waals surface area (Å²) < 4.78 is 3.02. The molecule has 88 valence electrons. The van der Waals surface area contributed by atoms with Gasteiger partial charge in [-0.25, -0.2) is 0 Å². The Labute approximate surface area is 114 Å². The number of hydrogen-bond acceptors (Lipinski definition) is 1. The number of benzene rings is 1. The Morgan fingerprint density at radius 1 is 1.35 bits per heavy atom. The zero-order valence-electron chi connectivity index (χ0n) is 9.48. The summed E-state index contributed by atoms with van der Waals surface area (Å²) in [4.78, 5) is 12.0. The predicted molar refractivity (Wildman–Crippen MR) is 77.2 cm³/mol. The highest BCUT2D eigenvalue weighted by Crippen LogP contribution is 2.14. The van der Waals surface area contributed by atoms with Crippen LogP contribution in [0.2, 0.25) is 0 Å². The fraction of sp³-hybridized carbons (Fsp3) is 0.154. The van der Waals surface area contributed by atoms with Gasteiger partial charge in [-0.05, 0) is 59.8 Å². The molecule has 0 radical (unpaired) electrons. The SMILES string of the molecule is CCn1cccc1C(=O)Nc1cccc(I)c1. The number of halogens is 1. The number of carbonyl (C=O) groups excluding carboxylic acids is 1. The van der Waals surface area contributed by atoms with Gasteiger partial charge in [0.25, 0.3) is 5.91 Å². The van der Waals surface area contributed by atoms with Gasteiger partial charge in [0.05, 0.1) is 0 Å². The van der Waals surface area contributed by atoms with Gasteiger partial charge in [-0.2, -0.15) is 0 Å². The number of nitrogens with zero attached hydrogens (tertiary/aromatic N) is 1. The summed E-state index contributed by atoms with van der Waals surface area (Å²) in [5.41, 5.74) is 1.51. The van der Waals surface area contributed by atoms with Gasteiger partial charge in [0, 0.05) is 22.0 Å². The van der Waals surface area contributed by atoms with Crippen LogP contribution in [-0.4, -0.2) is 10.5 Å². The van der Waals surface area contributed by atoms with Crippen LogP contribution < -0.4 is 5.32 Å². The number of aromatic nitrogens is 1. The summed E-state index contributed by atoms with van der Waals surface area (Å²) in [5.74, 6) is -0.0705. The standard InChI is InChI=1S/C13H13IN2O/c1-2-16-8-4-7-12(16)13(17)15-11-6-3-5-10(14)9-11/h3-9H,2H2,1H3,(H,15,17). The van der Waals surface area contributed by atoms with Crippen LogP contribution in [0.3, 0.4) is 0 Å². The van der Waals surface area contributed by atoms with Crippen LogP contribution in [0, 0.1) is 3.57 Å². The molecule has 3 nitrogen and oxygen atoms in total. The molecule has 0 bridgehead atoms. The summed E-state index contributed by atoms with van der Waals surface area (Å²) in [6.45, 7) is 2.81. The number of rotatable bonds is 3. The number of nitrogens with one attached hydrogen (secondary N) is 1. The summed E-state index contributed by atoms with van der Waals surface area (Å²) in [6.07, 6.45) is 1.91. The maximum Gasteiger partial charge on any atom is 0.272 e. The predicted octanol–water partition coefficient (Wildman–Crippen LogP) is 3.36. The lowest BCUT2D eigenvalue weighted by Crippen LogP contribution is -2.16. The number of carbonyl (C=O) groups is 1. The molecule has 0 saturated heterocycles. The number of aryl methyl sites for hydroxylation is 1. The van der Waals surface area contributed by atoms with E-state index in [0.717, 1.165) is 15.8 Å². The number of amides is 1. The molecule has 0 aliphatic rings. The molecular formula is C13H13IN2O. The summed E-state index contributed by atoms with van der Waals surface area (Å²) in [7, 11) is 0. The Hall–Kier alpha value is -1.30. The number of anilines is 1. The molecule has 17 heavy (non-hydrogen) atoms. The van der Waals surface area contributed by atoms with Gasteiger partial charge < -0.3 is 9.88 Å². The maximum atomic E-state index is 12.0. The van der Waals surface area contributed by atoms with Crippen molar-refractivity contribution in [2.24, 2.45) is 0 Å². The molecule has 1 heterocycles. The molecule has 0 unspecified atom stereocenters. The molecule has 0 spiro atoms. The second-order valence-electron chi connectivity index (χ2n) is 3.64. The third-order valence-corrected chi connectivity index (χ3v) is 3.16. The molecule has 1 aromatic carbocycles. The van der Waals surface area contributed by atoms with E-state index in [1.165, 1.54) is 0 Å². The smallest absolute Gasteiger partial charge is 0.272 e. The quantitative estimate of drug-likeness (QED) is 0.855. The third-order valence-electron chi connectivity index (χ3n) is 2.49. The Morgan fingerprint density at radius 2 is 2.18 bits per heavy atom. The Balaban J connectivity index is 2.17. The molecule has 0 saturated carbocycles. The van der Waals surface area contributed by atoms with Gasteiger partial charge in [-0.1, -0.05) is 6.07 Å². The molecule has 1 N–H and O–H groups in total. The van der Waals surface area contributed by atoms with Crippen molar-refractivity contribution in [2.75, 3.05) is 5.32 Å². The van der Waals surface area contributed by atoms with E-state index in [-0.39, 0.29) is 5.91 Å². The van der Waals surface area contributed by atoms with Crippen molar-refractivity contribution in [3.8, 4) is 0 Å². The Kier molecular flexibility index (Phi) is 3.83. The molecule has 1 aromatic heterocycles. The van der Waals surface area contributed by atoms with Crippen molar-refractivity contribution >= 4 is 34.2 Å². The molecular weight excluding hydrogens is 327 g/mol. The fourth-order valence-electron chi connectivity index (χ4n) is 1.66. The van der Waals surface area contributed by atoms with E-state index in [1.54, 1.807) is 0 Å². The minimum Gasteiger partial charge on any atom is -0.344 e. The van der Waals surface area contributed by atoms with Crippen molar-refractivity contribution in [3.05, 3.63) is 51.9 Å². The van der Waals surface area contributed by atoms with Crippen molar-refractivity contribution in [3.63, 3.8) is 0 Å². The minimum atomic E-state index is -0.0705. The third kappa shape index (κ3) is 2.88. The Morgan fingerprint density at radius 3 is 2.88 bits per heavy atom. The largest absolute Gasteiger partial charge is 0.344 e. The van der Waals surface area contributed by atoms with Crippen LogP contribution in [0.5, 0.6) is 0 Å². The summed E-state index contributed by atoms with van der Waals surface area (Å²) in [5, 5.41) is 2.90. The monoisotopic (exact) mass is 340 g/mol. The Bertz CT molecular complexity index is 534. The van der Waals surface area contributed by atoms with E-state index in [1.807, 2.05) is 54.1 Å². The van der Waals surface area contributed by atoms with Gasteiger partial charge in [0.2, 0.25) is 0 Å². The molecule has 1 amide bonds. The molecule has 0 aliphatic carbocycles. The number of hydrogen-bond donors (Lipinski definition) is 1. The highest BCUT2D eigenvalue weighted by molar-refractivity contribution is 14.1. The van der Waals surface area contributed by atoms with E-state index < -0.39 is 0 Å². The lowest BCUT2D eigenvalue weighted by molar-refractivity contribution is 0.101. The highest BCUT2D eigenvalue weighted by atomic mass is 127. The van der Waals surface area contributed by atoms with Crippen LogP contribution in [-0.2, 0) is 6.54 Å². The second kappa shape index (κ2) is 5.35. The van der Waals surface area contributed by atoms with Crippen LogP contribution in [0.4, 0.5) is 5.69 Å². The fourth-order valence-corrected chi connectivity index (χ4v) is 2.20. The average molecular weight is 340 g/mol.